The zero-order valence-corrected chi connectivity index (χ0v) is 13.8. The second-order valence-corrected chi connectivity index (χ2v) is 7.74. The van der Waals surface area contributed by atoms with Gasteiger partial charge in [0.2, 0.25) is 6.10 Å². The molecule has 0 heterocycles. The first kappa shape index (κ1) is 19.7. The van der Waals surface area contributed by atoms with E-state index in [1.807, 2.05) is 0 Å². The van der Waals surface area contributed by atoms with Crippen LogP contribution in [-0.4, -0.2) is 49.0 Å². The van der Waals surface area contributed by atoms with Gasteiger partial charge in [0.05, 0.1) is 5.92 Å². The number of carbonyl (C=O) groups excluding carboxylic acids is 2. The highest BCUT2D eigenvalue weighted by molar-refractivity contribution is 7.85. The molecule has 0 radical (unpaired) electrons. The van der Waals surface area contributed by atoms with Crippen LogP contribution in [0.25, 0.3) is 0 Å². The van der Waals surface area contributed by atoms with Gasteiger partial charge < -0.3 is 9.47 Å². The highest BCUT2D eigenvalue weighted by Gasteiger charge is 2.53. The van der Waals surface area contributed by atoms with E-state index in [0.29, 0.717) is 12.8 Å². The van der Waals surface area contributed by atoms with Crippen molar-refractivity contribution in [3.63, 3.8) is 0 Å². The molecule has 5 atom stereocenters. The zero-order chi connectivity index (χ0) is 19.0. The fraction of sp³-hybridized carbons (Fsp3) is 0.714. The number of alkyl halides is 3. The summed E-state index contributed by atoms with van der Waals surface area (Å²) in [4.78, 5) is 23.4. The average molecular weight is 386 g/mol. The van der Waals surface area contributed by atoms with E-state index >= 15 is 0 Å². The number of esters is 2. The molecular formula is C14H17F3O7S. The molecule has 2 aliphatic rings. The van der Waals surface area contributed by atoms with E-state index in [1.165, 1.54) is 0 Å². The topological polar surface area (TPSA) is 107 Å². The Kier molecular flexibility index (Phi) is 5.47. The molecule has 1 N–H and O–H groups in total. The fourth-order valence-electron chi connectivity index (χ4n) is 3.50. The summed E-state index contributed by atoms with van der Waals surface area (Å²) < 4.78 is 78.1. The Morgan fingerprint density at radius 3 is 2.40 bits per heavy atom. The van der Waals surface area contributed by atoms with E-state index in [2.05, 4.69) is 11.3 Å². The SMILES string of the molecule is C=CC(=O)OC1CC2CC(C(=O)OC(CS(=O)(=O)O)C(F)(F)F)C1C2. The van der Waals surface area contributed by atoms with Crippen LogP contribution in [0.15, 0.2) is 12.7 Å². The minimum atomic E-state index is -5.14. The molecule has 2 rings (SSSR count). The number of ether oxygens (including phenoxy) is 2. The number of fused-ring (bicyclic) bond motifs is 2. The van der Waals surface area contributed by atoms with Gasteiger partial charge in [0, 0.05) is 12.0 Å². The summed E-state index contributed by atoms with van der Waals surface area (Å²) >= 11 is 0. The predicted molar refractivity (Wildman–Crippen MR) is 76.7 cm³/mol. The van der Waals surface area contributed by atoms with Crippen LogP contribution in [0.1, 0.15) is 19.3 Å². The Bertz CT molecular complexity index is 658. The van der Waals surface area contributed by atoms with Gasteiger partial charge in [0.25, 0.3) is 10.1 Å². The third-order valence-electron chi connectivity index (χ3n) is 4.48. The first-order valence-electron chi connectivity index (χ1n) is 7.46. The molecule has 0 aliphatic heterocycles. The van der Waals surface area contributed by atoms with Crippen LogP contribution in [0.5, 0.6) is 0 Å². The van der Waals surface area contributed by atoms with Gasteiger partial charge in [-0.05, 0) is 25.2 Å². The molecule has 0 aromatic rings. The first-order chi connectivity index (χ1) is 11.4. The normalized spacial score (nSPS) is 29.9. The van der Waals surface area contributed by atoms with E-state index in [1.54, 1.807) is 0 Å². The van der Waals surface area contributed by atoms with Crippen molar-refractivity contribution < 1.29 is 45.2 Å². The Balaban J connectivity index is 2.06. The van der Waals surface area contributed by atoms with Crippen molar-refractivity contribution in [3.05, 3.63) is 12.7 Å². The predicted octanol–water partition coefficient (Wildman–Crippen LogP) is 1.49. The first-order valence-corrected chi connectivity index (χ1v) is 9.07. The molecule has 0 aromatic carbocycles. The molecule has 2 saturated carbocycles. The minimum absolute atomic E-state index is 0.0103. The average Bonchev–Trinajstić information content (AvgIpc) is 3.03. The molecule has 2 fully saturated rings. The Morgan fingerprint density at radius 1 is 1.28 bits per heavy atom. The lowest BCUT2D eigenvalue weighted by molar-refractivity contribution is -0.219. The van der Waals surface area contributed by atoms with E-state index in [-0.39, 0.29) is 12.3 Å². The summed E-state index contributed by atoms with van der Waals surface area (Å²) in [5, 5.41) is 0. The third-order valence-corrected chi connectivity index (χ3v) is 5.20. The van der Waals surface area contributed by atoms with Crippen molar-refractivity contribution in [1.29, 1.82) is 0 Å². The number of halogens is 3. The molecule has 142 valence electrons. The molecule has 11 heteroatoms. The molecule has 7 nitrogen and oxygen atoms in total. The van der Waals surface area contributed by atoms with E-state index in [9.17, 15) is 31.2 Å². The van der Waals surface area contributed by atoms with Gasteiger partial charge in [0.15, 0.2) is 0 Å². The van der Waals surface area contributed by atoms with Gasteiger partial charge in [0.1, 0.15) is 11.9 Å². The van der Waals surface area contributed by atoms with Crippen molar-refractivity contribution in [2.24, 2.45) is 17.8 Å². The van der Waals surface area contributed by atoms with Gasteiger partial charge in [-0.2, -0.15) is 21.6 Å². The maximum absolute atomic E-state index is 12.8. The molecule has 2 aliphatic carbocycles. The van der Waals surface area contributed by atoms with E-state index < -0.39 is 58.0 Å². The second kappa shape index (κ2) is 6.94. The molecule has 2 bridgehead atoms. The number of hydrogen-bond donors (Lipinski definition) is 1. The van der Waals surface area contributed by atoms with Crippen molar-refractivity contribution in [2.75, 3.05) is 5.75 Å². The second-order valence-electron chi connectivity index (χ2n) is 6.24. The monoisotopic (exact) mass is 386 g/mol. The molecule has 0 spiro atoms. The van der Waals surface area contributed by atoms with Crippen LogP contribution in [0.4, 0.5) is 13.2 Å². The third kappa shape index (κ3) is 4.94. The minimum Gasteiger partial charge on any atom is -0.459 e. The van der Waals surface area contributed by atoms with Crippen molar-refractivity contribution in [3.8, 4) is 0 Å². The van der Waals surface area contributed by atoms with Crippen molar-refractivity contribution >= 4 is 22.1 Å². The van der Waals surface area contributed by atoms with Crippen LogP contribution in [-0.2, 0) is 29.2 Å². The summed E-state index contributed by atoms with van der Waals surface area (Å²) in [6.45, 7) is 3.25. The van der Waals surface area contributed by atoms with Gasteiger partial charge in [-0.25, -0.2) is 4.79 Å². The van der Waals surface area contributed by atoms with Gasteiger partial charge in [-0.3, -0.25) is 9.35 Å². The maximum atomic E-state index is 12.8. The molecule has 0 saturated heterocycles. The molecule has 25 heavy (non-hydrogen) atoms. The molecule has 0 aromatic heterocycles. The van der Waals surface area contributed by atoms with E-state index in [0.717, 1.165) is 6.08 Å². The van der Waals surface area contributed by atoms with Gasteiger partial charge in [-0.15, -0.1) is 0 Å². The lowest BCUT2D eigenvalue weighted by atomic mass is 9.86. The highest BCUT2D eigenvalue weighted by Crippen LogP contribution is 2.50. The maximum Gasteiger partial charge on any atom is 0.426 e. The van der Waals surface area contributed by atoms with Crippen LogP contribution in [0, 0.1) is 17.8 Å². The summed E-state index contributed by atoms with van der Waals surface area (Å²) in [6.07, 6.45) is -6.48. The standard InChI is InChI=1S/C14H17F3O7S/c1-2-12(18)23-10-5-7-3-8(10)9(4-7)13(19)24-11(14(15,16)17)6-25(20,21)22/h2,7-11H,1,3-6H2,(H,20,21,22). The molecule has 0 amide bonds. The van der Waals surface area contributed by atoms with Crippen molar-refractivity contribution in [1.82, 2.24) is 0 Å². The highest BCUT2D eigenvalue weighted by atomic mass is 32.2. The van der Waals surface area contributed by atoms with Gasteiger partial charge >= 0.3 is 18.1 Å². The van der Waals surface area contributed by atoms with Crippen LogP contribution in [0.3, 0.4) is 0 Å². The fourth-order valence-corrected chi connectivity index (χ4v) is 4.14. The lowest BCUT2D eigenvalue weighted by Crippen LogP contribution is -2.42. The Hall–Kier alpha value is -1.62. The van der Waals surface area contributed by atoms with Crippen LogP contribution in [0.2, 0.25) is 0 Å². The lowest BCUT2D eigenvalue weighted by Gasteiger charge is -2.29. The summed E-state index contributed by atoms with van der Waals surface area (Å²) in [6, 6.07) is 0. The number of carbonyl (C=O) groups is 2. The van der Waals surface area contributed by atoms with Crippen LogP contribution >= 0.6 is 0 Å². The summed E-state index contributed by atoms with van der Waals surface area (Å²) in [5.74, 6) is -5.07. The molecule has 5 unspecified atom stereocenters. The molecular weight excluding hydrogens is 369 g/mol. The zero-order valence-electron chi connectivity index (χ0n) is 12.9. The quantitative estimate of drug-likeness (QED) is 0.419. The van der Waals surface area contributed by atoms with Crippen LogP contribution < -0.4 is 0 Å². The summed E-state index contributed by atoms with van der Waals surface area (Å²) in [5.41, 5.74) is 0. The Morgan fingerprint density at radius 2 is 1.92 bits per heavy atom. The van der Waals surface area contributed by atoms with Crippen molar-refractivity contribution in [2.45, 2.75) is 37.6 Å². The Labute approximate surface area is 141 Å². The summed E-state index contributed by atoms with van der Waals surface area (Å²) in [7, 11) is -4.99. The number of rotatable bonds is 6. The number of hydrogen-bond acceptors (Lipinski definition) is 6. The van der Waals surface area contributed by atoms with Gasteiger partial charge in [-0.1, -0.05) is 6.58 Å². The largest absolute Gasteiger partial charge is 0.459 e. The smallest absolute Gasteiger partial charge is 0.426 e. The van der Waals surface area contributed by atoms with E-state index in [4.69, 9.17) is 9.29 Å².